The summed E-state index contributed by atoms with van der Waals surface area (Å²) in [7, 11) is 0. The van der Waals surface area contributed by atoms with Crippen LogP contribution in [-0.4, -0.2) is 15.2 Å². The average molecular weight is 242 g/mol. The Bertz CT molecular complexity index is 753. The van der Waals surface area contributed by atoms with Crippen molar-refractivity contribution >= 4 is 33.1 Å². The molecule has 17 heavy (non-hydrogen) atoms. The zero-order valence-corrected chi connectivity index (χ0v) is 9.96. The van der Waals surface area contributed by atoms with Crippen LogP contribution in [0.4, 0.5) is 0 Å². The van der Waals surface area contributed by atoms with E-state index in [1.165, 1.54) is 4.88 Å². The second-order valence-electron chi connectivity index (χ2n) is 4.37. The molecule has 0 atom stereocenters. The number of fused-ring (bicyclic) bond motifs is 5. The topological polar surface area (TPSA) is 34.4 Å². The first-order valence-electron chi connectivity index (χ1n) is 5.76. The molecular weight excluding hydrogens is 232 g/mol. The molecule has 1 aromatic carbocycles. The fraction of sp³-hybridized carbons (Fsp3) is 0.231. The Morgan fingerprint density at radius 3 is 3.06 bits per heavy atom. The van der Waals surface area contributed by atoms with Crippen molar-refractivity contribution in [2.24, 2.45) is 0 Å². The Kier molecular flexibility index (Phi) is 1.74. The third-order valence-electron chi connectivity index (χ3n) is 3.30. The number of rotatable bonds is 0. The third-order valence-corrected chi connectivity index (χ3v) is 4.40. The number of thiazole rings is 1. The van der Waals surface area contributed by atoms with Gasteiger partial charge in [0, 0.05) is 11.3 Å². The quantitative estimate of drug-likeness (QED) is 0.607. The van der Waals surface area contributed by atoms with Gasteiger partial charge in [-0.2, -0.15) is 0 Å². The molecule has 0 aliphatic heterocycles. The fourth-order valence-electron chi connectivity index (χ4n) is 2.55. The fourth-order valence-corrected chi connectivity index (χ4v) is 3.74. The van der Waals surface area contributed by atoms with Crippen molar-refractivity contribution in [1.29, 1.82) is 0 Å². The zero-order valence-electron chi connectivity index (χ0n) is 9.14. The molecule has 1 aliphatic rings. The molecule has 0 spiro atoms. The Labute approximate surface area is 102 Å². The van der Waals surface area contributed by atoms with Crippen LogP contribution in [0.2, 0.25) is 0 Å². The van der Waals surface area contributed by atoms with Gasteiger partial charge in [0.1, 0.15) is 5.69 Å². The molecule has 1 aliphatic carbocycles. The average Bonchev–Trinajstić information content (AvgIpc) is 2.84. The van der Waals surface area contributed by atoms with Gasteiger partial charge in [0.2, 0.25) is 0 Å². The highest BCUT2D eigenvalue weighted by molar-refractivity contribution is 7.17. The lowest BCUT2D eigenvalue weighted by Gasteiger charge is -2.09. The molecule has 0 N–H and O–H groups in total. The number of para-hydroxylation sites is 2. The maximum atomic E-state index is 12.1. The van der Waals surface area contributed by atoms with Crippen molar-refractivity contribution in [3.05, 3.63) is 34.8 Å². The van der Waals surface area contributed by atoms with Crippen LogP contribution in [0.3, 0.4) is 0 Å². The Morgan fingerprint density at radius 2 is 2.12 bits per heavy atom. The first kappa shape index (κ1) is 9.36. The van der Waals surface area contributed by atoms with E-state index in [0.717, 1.165) is 34.5 Å². The summed E-state index contributed by atoms with van der Waals surface area (Å²) in [5.74, 6) is 0.264. The van der Waals surface area contributed by atoms with Gasteiger partial charge in [-0.15, -0.1) is 11.3 Å². The molecule has 3 aromatic rings. The summed E-state index contributed by atoms with van der Waals surface area (Å²) in [5.41, 5.74) is 2.90. The number of imidazole rings is 1. The lowest BCUT2D eigenvalue weighted by molar-refractivity contribution is 0.0967. The highest BCUT2D eigenvalue weighted by Crippen LogP contribution is 2.32. The van der Waals surface area contributed by atoms with Crippen molar-refractivity contribution in [2.75, 3.05) is 0 Å². The molecule has 0 amide bonds. The number of hydrogen-bond acceptors (Lipinski definition) is 3. The van der Waals surface area contributed by atoms with E-state index in [2.05, 4.69) is 4.98 Å². The van der Waals surface area contributed by atoms with Gasteiger partial charge in [0.15, 0.2) is 10.7 Å². The van der Waals surface area contributed by atoms with Crippen molar-refractivity contribution < 1.29 is 4.79 Å². The van der Waals surface area contributed by atoms with Gasteiger partial charge < -0.3 is 0 Å². The van der Waals surface area contributed by atoms with Crippen LogP contribution in [0.1, 0.15) is 28.2 Å². The maximum Gasteiger partial charge on any atom is 0.195 e. The number of Topliss-reactive ketones (excluding diaryl/α,β-unsaturated/α-hetero) is 1. The summed E-state index contributed by atoms with van der Waals surface area (Å²) in [4.78, 5) is 18.8. The van der Waals surface area contributed by atoms with Gasteiger partial charge in [-0.1, -0.05) is 12.1 Å². The second kappa shape index (κ2) is 3.17. The smallest absolute Gasteiger partial charge is 0.195 e. The maximum absolute atomic E-state index is 12.1. The third kappa shape index (κ3) is 1.16. The van der Waals surface area contributed by atoms with E-state index in [9.17, 15) is 4.79 Å². The zero-order chi connectivity index (χ0) is 11.4. The monoisotopic (exact) mass is 242 g/mol. The minimum absolute atomic E-state index is 0.264. The SMILES string of the molecule is O=C1CCCc2sc3nc4ccccc4n3c21. The molecular formula is C13H10N2OS. The molecule has 0 fully saturated rings. The number of ketones is 1. The van der Waals surface area contributed by atoms with E-state index in [4.69, 9.17) is 0 Å². The molecule has 0 bridgehead atoms. The summed E-state index contributed by atoms with van der Waals surface area (Å²) >= 11 is 1.66. The van der Waals surface area contributed by atoms with E-state index in [1.807, 2.05) is 28.7 Å². The Morgan fingerprint density at radius 1 is 1.24 bits per heavy atom. The van der Waals surface area contributed by atoms with Crippen LogP contribution in [0.5, 0.6) is 0 Å². The lowest BCUT2D eigenvalue weighted by atomic mass is 10.0. The summed E-state index contributed by atoms with van der Waals surface area (Å²) in [6.07, 6.45) is 2.67. The van der Waals surface area contributed by atoms with Crippen LogP contribution in [0.25, 0.3) is 16.0 Å². The van der Waals surface area contributed by atoms with Gasteiger partial charge in [-0.3, -0.25) is 9.20 Å². The predicted molar refractivity (Wildman–Crippen MR) is 67.8 cm³/mol. The molecule has 3 nitrogen and oxygen atoms in total. The van der Waals surface area contributed by atoms with E-state index >= 15 is 0 Å². The number of hydrogen-bond donors (Lipinski definition) is 0. The second-order valence-corrected chi connectivity index (χ2v) is 5.43. The largest absolute Gasteiger partial charge is 0.292 e. The molecule has 4 heteroatoms. The minimum Gasteiger partial charge on any atom is -0.292 e. The van der Waals surface area contributed by atoms with Crippen LogP contribution < -0.4 is 0 Å². The molecule has 0 saturated carbocycles. The van der Waals surface area contributed by atoms with Crippen molar-refractivity contribution in [2.45, 2.75) is 19.3 Å². The molecule has 84 valence electrons. The van der Waals surface area contributed by atoms with Gasteiger partial charge >= 0.3 is 0 Å². The van der Waals surface area contributed by atoms with Gasteiger partial charge in [-0.05, 0) is 25.0 Å². The van der Waals surface area contributed by atoms with Crippen LogP contribution >= 0.6 is 11.3 Å². The summed E-state index contributed by atoms with van der Waals surface area (Å²) < 4.78 is 2.04. The predicted octanol–water partition coefficient (Wildman–Crippen LogP) is 3.07. The van der Waals surface area contributed by atoms with E-state index in [1.54, 1.807) is 11.3 Å². The summed E-state index contributed by atoms with van der Waals surface area (Å²) in [5, 5.41) is 0. The standard InChI is InChI=1S/C13H10N2OS/c16-10-6-3-7-11-12(10)15-9-5-2-1-4-8(9)14-13(15)17-11/h1-2,4-5H,3,6-7H2. The van der Waals surface area contributed by atoms with Crippen molar-refractivity contribution in [1.82, 2.24) is 9.38 Å². The molecule has 2 aromatic heterocycles. The van der Waals surface area contributed by atoms with Crippen molar-refractivity contribution in [3.63, 3.8) is 0 Å². The first-order chi connectivity index (χ1) is 8.34. The highest BCUT2D eigenvalue weighted by Gasteiger charge is 2.24. The minimum atomic E-state index is 0.264. The summed E-state index contributed by atoms with van der Waals surface area (Å²) in [6, 6.07) is 8.00. The first-order valence-corrected chi connectivity index (χ1v) is 6.58. The van der Waals surface area contributed by atoms with Gasteiger partial charge in [0.05, 0.1) is 11.0 Å². The highest BCUT2D eigenvalue weighted by atomic mass is 32.1. The van der Waals surface area contributed by atoms with Crippen LogP contribution in [-0.2, 0) is 6.42 Å². The Hall–Kier alpha value is -1.68. The van der Waals surface area contributed by atoms with Gasteiger partial charge in [-0.25, -0.2) is 4.98 Å². The Balaban J connectivity index is 2.21. The number of carbonyl (C=O) groups is 1. The van der Waals surface area contributed by atoms with Crippen LogP contribution in [0, 0.1) is 0 Å². The van der Waals surface area contributed by atoms with Crippen molar-refractivity contribution in [3.8, 4) is 0 Å². The van der Waals surface area contributed by atoms with Crippen LogP contribution in [0.15, 0.2) is 24.3 Å². The molecule has 2 heterocycles. The molecule has 0 radical (unpaired) electrons. The lowest BCUT2D eigenvalue weighted by Crippen LogP contribution is -2.11. The van der Waals surface area contributed by atoms with E-state index in [-0.39, 0.29) is 5.78 Å². The molecule has 0 unspecified atom stereocenters. The number of aromatic nitrogens is 2. The number of benzene rings is 1. The van der Waals surface area contributed by atoms with E-state index < -0.39 is 0 Å². The van der Waals surface area contributed by atoms with E-state index in [0.29, 0.717) is 6.42 Å². The molecule has 4 rings (SSSR count). The summed E-state index contributed by atoms with van der Waals surface area (Å²) in [6.45, 7) is 0. The molecule has 0 saturated heterocycles. The normalized spacial score (nSPS) is 15.6. The van der Waals surface area contributed by atoms with Gasteiger partial charge in [0.25, 0.3) is 0 Å². The number of aryl methyl sites for hydroxylation is 1. The number of nitrogens with zero attached hydrogens (tertiary/aromatic N) is 2. The number of carbonyl (C=O) groups excluding carboxylic acids is 1.